The van der Waals surface area contributed by atoms with Gasteiger partial charge < -0.3 is 4.74 Å². The Hall–Kier alpha value is -3.78. The van der Waals surface area contributed by atoms with Gasteiger partial charge in [0, 0.05) is 23.1 Å². The van der Waals surface area contributed by atoms with Crippen LogP contribution in [0.1, 0.15) is 0 Å². The molecule has 1 heterocycles. The molecule has 4 rings (SSSR count). The van der Waals surface area contributed by atoms with E-state index in [0.29, 0.717) is 16.6 Å². The van der Waals surface area contributed by atoms with Crippen molar-refractivity contribution in [3.05, 3.63) is 82.2 Å². The molecule has 8 heteroatoms. The molecule has 0 bridgehead atoms. The third-order valence-electron chi connectivity index (χ3n) is 4.22. The zero-order valence-electron chi connectivity index (χ0n) is 15.1. The lowest BCUT2D eigenvalue weighted by Crippen LogP contribution is -2.20. The summed E-state index contributed by atoms with van der Waals surface area (Å²) in [6.45, 7) is -0.134. The number of benzene rings is 3. The Bertz CT molecular complexity index is 1190. The van der Waals surface area contributed by atoms with Crippen molar-refractivity contribution >= 4 is 38.8 Å². The van der Waals surface area contributed by atoms with Gasteiger partial charge in [0.2, 0.25) is 0 Å². The Morgan fingerprint density at radius 3 is 2.59 bits per heavy atom. The van der Waals surface area contributed by atoms with Crippen LogP contribution in [0.5, 0.6) is 5.75 Å². The van der Waals surface area contributed by atoms with Crippen LogP contribution in [-0.2, 0) is 4.79 Å². The van der Waals surface area contributed by atoms with E-state index in [1.54, 1.807) is 17.5 Å². The molecule has 0 saturated carbocycles. The molecule has 0 fully saturated rings. The van der Waals surface area contributed by atoms with Gasteiger partial charge in [0.25, 0.3) is 11.6 Å². The van der Waals surface area contributed by atoms with Gasteiger partial charge in [-0.25, -0.2) is 4.98 Å². The maximum Gasteiger partial charge on any atom is 0.269 e. The zero-order chi connectivity index (χ0) is 20.2. The van der Waals surface area contributed by atoms with E-state index in [9.17, 15) is 14.9 Å². The lowest BCUT2D eigenvalue weighted by molar-refractivity contribution is -0.384. The fourth-order valence-corrected chi connectivity index (χ4v) is 3.51. The standard InChI is InChI=1S/C21H15N3O4S/c25-20(12-28-18-10-7-14-3-1-2-4-16(14)11-18)23-21-22-19(13-29-21)15-5-8-17(9-6-15)24(26)27/h1-11,13H,12H2,(H,22,23,25). The van der Waals surface area contributed by atoms with Crippen molar-refractivity contribution in [1.82, 2.24) is 4.98 Å². The number of nitro benzene ring substituents is 1. The normalized spacial score (nSPS) is 10.6. The number of nitrogens with zero attached hydrogens (tertiary/aromatic N) is 2. The van der Waals surface area contributed by atoms with E-state index in [1.165, 1.54) is 23.5 Å². The van der Waals surface area contributed by atoms with Crippen LogP contribution in [0, 0.1) is 10.1 Å². The van der Waals surface area contributed by atoms with Crippen molar-refractivity contribution in [2.24, 2.45) is 0 Å². The van der Waals surface area contributed by atoms with E-state index < -0.39 is 4.92 Å². The quantitative estimate of drug-likeness (QED) is 0.364. The summed E-state index contributed by atoms with van der Waals surface area (Å²) in [5.41, 5.74) is 1.39. The number of aromatic nitrogens is 1. The van der Waals surface area contributed by atoms with E-state index in [-0.39, 0.29) is 18.2 Å². The number of carbonyl (C=O) groups is 1. The topological polar surface area (TPSA) is 94.4 Å². The van der Waals surface area contributed by atoms with Crippen molar-refractivity contribution in [2.45, 2.75) is 0 Å². The van der Waals surface area contributed by atoms with Gasteiger partial charge in [-0.2, -0.15) is 0 Å². The summed E-state index contributed by atoms with van der Waals surface area (Å²) in [5, 5.41) is 17.8. The lowest BCUT2D eigenvalue weighted by Gasteiger charge is -2.07. The van der Waals surface area contributed by atoms with Gasteiger partial charge in [-0.05, 0) is 35.0 Å². The van der Waals surface area contributed by atoms with Gasteiger partial charge in [-0.1, -0.05) is 30.3 Å². The molecule has 1 aromatic heterocycles. The van der Waals surface area contributed by atoms with Crippen LogP contribution < -0.4 is 10.1 Å². The van der Waals surface area contributed by atoms with Gasteiger partial charge in [-0.3, -0.25) is 20.2 Å². The van der Waals surface area contributed by atoms with Crippen LogP contribution in [-0.4, -0.2) is 22.4 Å². The molecule has 0 aliphatic rings. The largest absolute Gasteiger partial charge is 0.484 e. The number of non-ortho nitro benzene ring substituents is 1. The Morgan fingerprint density at radius 1 is 1.07 bits per heavy atom. The van der Waals surface area contributed by atoms with E-state index in [0.717, 1.165) is 16.3 Å². The van der Waals surface area contributed by atoms with E-state index in [2.05, 4.69) is 10.3 Å². The second-order valence-electron chi connectivity index (χ2n) is 6.19. The van der Waals surface area contributed by atoms with Crippen molar-refractivity contribution < 1.29 is 14.5 Å². The van der Waals surface area contributed by atoms with Crippen LogP contribution in [0.2, 0.25) is 0 Å². The number of anilines is 1. The number of rotatable bonds is 6. The molecular weight excluding hydrogens is 390 g/mol. The van der Waals surface area contributed by atoms with Crippen molar-refractivity contribution in [3.8, 4) is 17.0 Å². The SMILES string of the molecule is O=C(COc1ccc2ccccc2c1)Nc1nc(-c2ccc([N+](=O)[O-])cc2)cs1. The second kappa shape index (κ2) is 8.07. The molecule has 7 nitrogen and oxygen atoms in total. The number of fused-ring (bicyclic) bond motifs is 1. The predicted octanol–water partition coefficient (Wildman–Crippen LogP) is 4.89. The first-order valence-corrected chi connectivity index (χ1v) is 9.58. The number of hydrogen-bond donors (Lipinski definition) is 1. The van der Waals surface area contributed by atoms with Crippen LogP contribution >= 0.6 is 11.3 Å². The minimum Gasteiger partial charge on any atom is -0.484 e. The number of nitro groups is 1. The Kier molecular flexibility index (Phi) is 5.17. The highest BCUT2D eigenvalue weighted by Crippen LogP contribution is 2.26. The number of ether oxygens (including phenoxy) is 1. The first-order valence-electron chi connectivity index (χ1n) is 8.70. The Balaban J connectivity index is 1.36. The van der Waals surface area contributed by atoms with Crippen LogP contribution in [0.25, 0.3) is 22.0 Å². The predicted molar refractivity (Wildman–Crippen MR) is 112 cm³/mol. The summed E-state index contributed by atoms with van der Waals surface area (Å²) in [6, 6.07) is 19.7. The summed E-state index contributed by atoms with van der Waals surface area (Å²) in [4.78, 5) is 26.8. The zero-order valence-corrected chi connectivity index (χ0v) is 15.9. The summed E-state index contributed by atoms with van der Waals surface area (Å²) >= 11 is 1.27. The van der Waals surface area contributed by atoms with E-state index in [1.807, 2.05) is 42.5 Å². The molecule has 0 aliphatic heterocycles. The minimum atomic E-state index is -0.452. The minimum absolute atomic E-state index is 0.0170. The molecule has 144 valence electrons. The summed E-state index contributed by atoms with van der Waals surface area (Å²) in [6.07, 6.45) is 0. The molecule has 4 aromatic rings. The molecular formula is C21H15N3O4S. The van der Waals surface area contributed by atoms with Gasteiger partial charge in [0.1, 0.15) is 5.75 Å². The van der Waals surface area contributed by atoms with Crippen LogP contribution in [0.4, 0.5) is 10.8 Å². The highest BCUT2D eigenvalue weighted by Gasteiger charge is 2.11. The summed E-state index contributed by atoms with van der Waals surface area (Å²) < 4.78 is 5.58. The average molecular weight is 405 g/mol. The first-order chi connectivity index (χ1) is 14.1. The third kappa shape index (κ3) is 4.39. The molecule has 29 heavy (non-hydrogen) atoms. The third-order valence-corrected chi connectivity index (χ3v) is 4.97. The number of hydrogen-bond acceptors (Lipinski definition) is 6. The molecule has 3 aromatic carbocycles. The fraction of sp³-hybridized carbons (Fsp3) is 0.0476. The highest BCUT2D eigenvalue weighted by atomic mass is 32.1. The number of thiazole rings is 1. The molecule has 0 atom stereocenters. The molecule has 0 unspecified atom stereocenters. The monoisotopic (exact) mass is 405 g/mol. The van der Waals surface area contributed by atoms with Gasteiger partial charge in [0.15, 0.2) is 11.7 Å². The first kappa shape index (κ1) is 18.6. The maximum absolute atomic E-state index is 12.2. The van der Waals surface area contributed by atoms with Crippen LogP contribution in [0.15, 0.2) is 72.1 Å². The smallest absolute Gasteiger partial charge is 0.269 e. The number of nitrogens with one attached hydrogen (secondary N) is 1. The molecule has 1 N–H and O–H groups in total. The number of carbonyl (C=O) groups excluding carboxylic acids is 1. The summed E-state index contributed by atoms with van der Waals surface area (Å²) in [7, 11) is 0. The molecule has 0 aliphatic carbocycles. The molecule has 1 amide bonds. The summed E-state index contributed by atoms with van der Waals surface area (Å²) in [5.74, 6) is 0.298. The molecule has 0 saturated heterocycles. The van der Waals surface area contributed by atoms with Gasteiger partial charge in [0.05, 0.1) is 10.6 Å². The van der Waals surface area contributed by atoms with Crippen molar-refractivity contribution in [1.29, 1.82) is 0 Å². The molecule has 0 radical (unpaired) electrons. The Labute approximate surface area is 169 Å². The van der Waals surface area contributed by atoms with E-state index in [4.69, 9.17) is 4.74 Å². The highest BCUT2D eigenvalue weighted by molar-refractivity contribution is 7.14. The second-order valence-corrected chi connectivity index (χ2v) is 7.05. The van der Waals surface area contributed by atoms with Gasteiger partial charge in [-0.15, -0.1) is 11.3 Å². The Morgan fingerprint density at radius 2 is 1.83 bits per heavy atom. The maximum atomic E-state index is 12.2. The fourth-order valence-electron chi connectivity index (χ4n) is 2.78. The number of amides is 1. The van der Waals surface area contributed by atoms with E-state index >= 15 is 0 Å². The average Bonchev–Trinajstić information content (AvgIpc) is 3.20. The van der Waals surface area contributed by atoms with Gasteiger partial charge >= 0.3 is 0 Å². The van der Waals surface area contributed by atoms with Crippen molar-refractivity contribution in [2.75, 3.05) is 11.9 Å². The van der Waals surface area contributed by atoms with Crippen LogP contribution in [0.3, 0.4) is 0 Å². The lowest BCUT2D eigenvalue weighted by atomic mass is 10.1. The van der Waals surface area contributed by atoms with Crippen molar-refractivity contribution in [3.63, 3.8) is 0 Å². The molecule has 0 spiro atoms.